The molecule has 0 spiro atoms. The van der Waals surface area contributed by atoms with Gasteiger partial charge in [-0.15, -0.1) is 0 Å². The first-order valence-corrected chi connectivity index (χ1v) is 7.96. The molecular weight excluding hydrogens is 298 g/mol. The molecule has 4 heteroatoms. The molecule has 1 N–H and O–H groups in total. The minimum absolute atomic E-state index is 0.738. The van der Waals surface area contributed by atoms with E-state index in [1.54, 1.807) is 0 Å². The summed E-state index contributed by atoms with van der Waals surface area (Å²) in [6, 6.07) is 7.96. The van der Waals surface area contributed by atoms with Crippen molar-refractivity contribution in [2.24, 2.45) is 5.92 Å². The highest BCUT2D eigenvalue weighted by Crippen LogP contribution is 2.22. The molecule has 0 saturated carbocycles. The Morgan fingerprint density at radius 1 is 1.35 bits per heavy atom. The van der Waals surface area contributed by atoms with Gasteiger partial charge in [0, 0.05) is 11.0 Å². The highest BCUT2D eigenvalue weighted by Gasteiger charge is 2.14. The van der Waals surface area contributed by atoms with Gasteiger partial charge in [-0.25, -0.2) is 0 Å². The molecule has 0 aromatic heterocycles. The molecule has 0 amide bonds. The second kappa shape index (κ2) is 7.29. The fraction of sp³-hybridized carbons (Fsp3) is 0.538. The molecule has 1 heterocycles. The fourth-order valence-corrected chi connectivity index (χ4v) is 3.37. The smallest absolute Gasteiger partial charge is 0.119 e. The molecule has 1 aliphatic rings. The Labute approximate surface area is 116 Å². The Kier molecular flexibility index (Phi) is 5.68. The van der Waals surface area contributed by atoms with Gasteiger partial charge < -0.3 is 10.1 Å². The lowest BCUT2D eigenvalue weighted by Gasteiger charge is -2.10. The number of ether oxygens (including phenoxy) is 1. The maximum atomic E-state index is 5.64. The van der Waals surface area contributed by atoms with Gasteiger partial charge in [-0.05, 0) is 54.7 Å². The van der Waals surface area contributed by atoms with Crippen molar-refractivity contribution in [2.45, 2.75) is 6.42 Å². The van der Waals surface area contributed by atoms with E-state index in [4.69, 9.17) is 4.74 Å². The van der Waals surface area contributed by atoms with E-state index in [0.717, 1.165) is 35.8 Å². The molecule has 1 unspecified atom stereocenters. The van der Waals surface area contributed by atoms with Crippen LogP contribution in [0.1, 0.15) is 6.42 Å². The number of benzene rings is 1. The van der Waals surface area contributed by atoms with E-state index >= 15 is 0 Å². The molecule has 0 radical (unpaired) electrons. The van der Waals surface area contributed by atoms with Crippen LogP contribution in [0.4, 0.5) is 0 Å². The van der Waals surface area contributed by atoms with E-state index in [2.05, 4.69) is 33.0 Å². The number of thioether (sulfide) groups is 1. The second-order valence-electron chi connectivity index (χ2n) is 4.24. The molecule has 1 atom stereocenters. The lowest BCUT2D eigenvalue weighted by atomic mass is 10.1. The van der Waals surface area contributed by atoms with Crippen LogP contribution < -0.4 is 10.1 Å². The second-order valence-corrected chi connectivity index (χ2v) is 6.30. The largest absolute Gasteiger partial charge is 0.492 e. The topological polar surface area (TPSA) is 21.3 Å². The molecule has 0 aliphatic carbocycles. The molecule has 94 valence electrons. The van der Waals surface area contributed by atoms with Gasteiger partial charge in [0.05, 0.1) is 0 Å². The summed E-state index contributed by atoms with van der Waals surface area (Å²) in [5.74, 6) is 4.46. The minimum atomic E-state index is 0.738. The first-order valence-electron chi connectivity index (χ1n) is 6.01. The molecule has 1 fully saturated rings. The summed E-state index contributed by atoms with van der Waals surface area (Å²) in [7, 11) is 0. The summed E-state index contributed by atoms with van der Waals surface area (Å²) >= 11 is 5.47. The van der Waals surface area contributed by atoms with Crippen molar-refractivity contribution >= 4 is 27.7 Å². The Hall–Kier alpha value is -0.190. The zero-order chi connectivity index (χ0) is 11.9. The Bertz CT molecular complexity index is 325. The summed E-state index contributed by atoms with van der Waals surface area (Å²) in [6.07, 6.45) is 1.37. The SMILES string of the molecule is Brc1ccc(OCCNCC2CCSC2)cc1. The average Bonchev–Trinajstić information content (AvgIpc) is 2.84. The predicted octanol–water partition coefficient (Wildman–Crippen LogP) is 3.17. The third-order valence-electron chi connectivity index (χ3n) is 2.82. The van der Waals surface area contributed by atoms with E-state index in [1.165, 1.54) is 17.9 Å². The van der Waals surface area contributed by atoms with Crippen molar-refractivity contribution in [3.63, 3.8) is 0 Å². The van der Waals surface area contributed by atoms with E-state index in [1.807, 2.05) is 24.3 Å². The van der Waals surface area contributed by atoms with Crippen molar-refractivity contribution in [1.82, 2.24) is 5.32 Å². The maximum absolute atomic E-state index is 5.64. The average molecular weight is 316 g/mol. The van der Waals surface area contributed by atoms with Crippen LogP contribution in [0.15, 0.2) is 28.7 Å². The van der Waals surface area contributed by atoms with Gasteiger partial charge in [-0.2, -0.15) is 11.8 Å². The van der Waals surface area contributed by atoms with Crippen LogP contribution in [0.3, 0.4) is 0 Å². The van der Waals surface area contributed by atoms with Gasteiger partial charge in [-0.3, -0.25) is 0 Å². The summed E-state index contributed by atoms with van der Waals surface area (Å²) in [5, 5.41) is 3.46. The van der Waals surface area contributed by atoms with Crippen LogP contribution >= 0.6 is 27.7 Å². The molecule has 1 saturated heterocycles. The van der Waals surface area contributed by atoms with Crippen LogP contribution in [0.5, 0.6) is 5.75 Å². The monoisotopic (exact) mass is 315 g/mol. The number of nitrogens with one attached hydrogen (secondary N) is 1. The molecule has 1 aromatic rings. The molecular formula is C13H18BrNOS. The van der Waals surface area contributed by atoms with Crippen molar-refractivity contribution < 1.29 is 4.74 Å². The molecule has 17 heavy (non-hydrogen) atoms. The third kappa shape index (κ3) is 4.90. The van der Waals surface area contributed by atoms with Crippen molar-refractivity contribution in [3.05, 3.63) is 28.7 Å². The lowest BCUT2D eigenvalue weighted by Crippen LogP contribution is -2.27. The van der Waals surface area contributed by atoms with Crippen LogP contribution in [0.25, 0.3) is 0 Å². The maximum Gasteiger partial charge on any atom is 0.119 e. The molecule has 2 nitrogen and oxygen atoms in total. The minimum Gasteiger partial charge on any atom is -0.492 e. The molecule has 2 rings (SSSR count). The van der Waals surface area contributed by atoms with Gasteiger partial charge in [-0.1, -0.05) is 15.9 Å². The number of halogens is 1. The van der Waals surface area contributed by atoms with E-state index < -0.39 is 0 Å². The quantitative estimate of drug-likeness (QED) is 0.815. The van der Waals surface area contributed by atoms with E-state index in [0.29, 0.717) is 0 Å². The van der Waals surface area contributed by atoms with Crippen molar-refractivity contribution in [2.75, 3.05) is 31.2 Å². The van der Waals surface area contributed by atoms with Crippen molar-refractivity contribution in [3.8, 4) is 5.75 Å². The lowest BCUT2D eigenvalue weighted by molar-refractivity contribution is 0.310. The standard InChI is InChI=1S/C13H18BrNOS/c14-12-1-3-13(4-2-12)16-7-6-15-9-11-5-8-17-10-11/h1-4,11,15H,5-10H2. The van der Waals surface area contributed by atoms with Gasteiger partial charge >= 0.3 is 0 Å². The molecule has 1 aromatic carbocycles. The van der Waals surface area contributed by atoms with Gasteiger partial charge in [0.15, 0.2) is 0 Å². The molecule has 0 bridgehead atoms. The summed E-state index contributed by atoms with van der Waals surface area (Å²) in [4.78, 5) is 0. The highest BCUT2D eigenvalue weighted by molar-refractivity contribution is 9.10. The van der Waals surface area contributed by atoms with E-state index in [-0.39, 0.29) is 0 Å². The van der Waals surface area contributed by atoms with Crippen molar-refractivity contribution in [1.29, 1.82) is 0 Å². The van der Waals surface area contributed by atoms with Crippen LogP contribution in [-0.4, -0.2) is 31.2 Å². The Balaban J connectivity index is 1.55. The summed E-state index contributed by atoms with van der Waals surface area (Å²) in [5.41, 5.74) is 0. The summed E-state index contributed by atoms with van der Waals surface area (Å²) in [6.45, 7) is 2.80. The number of hydrogen-bond donors (Lipinski definition) is 1. The number of rotatable bonds is 6. The van der Waals surface area contributed by atoms with Crippen LogP contribution in [0.2, 0.25) is 0 Å². The summed E-state index contributed by atoms with van der Waals surface area (Å²) < 4.78 is 6.72. The van der Waals surface area contributed by atoms with Gasteiger partial charge in [0.1, 0.15) is 12.4 Å². The highest BCUT2D eigenvalue weighted by atomic mass is 79.9. The van der Waals surface area contributed by atoms with Crippen LogP contribution in [0, 0.1) is 5.92 Å². The molecule has 1 aliphatic heterocycles. The van der Waals surface area contributed by atoms with Gasteiger partial charge in [0.25, 0.3) is 0 Å². The van der Waals surface area contributed by atoms with Gasteiger partial charge in [0.2, 0.25) is 0 Å². The predicted molar refractivity (Wildman–Crippen MR) is 77.9 cm³/mol. The van der Waals surface area contributed by atoms with E-state index in [9.17, 15) is 0 Å². The first-order chi connectivity index (χ1) is 8.34. The zero-order valence-corrected chi connectivity index (χ0v) is 12.2. The normalized spacial score (nSPS) is 19.5. The fourth-order valence-electron chi connectivity index (χ4n) is 1.82. The Morgan fingerprint density at radius 3 is 2.88 bits per heavy atom. The first kappa shape index (κ1) is 13.2. The third-order valence-corrected chi connectivity index (χ3v) is 4.58. The zero-order valence-electron chi connectivity index (χ0n) is 9.82. The van der Waals surface area contributed by atoms with Crippen LogP contribution in [-0.2, 0) is 0 Å². The Morgan fingerprint density at radius 2 is 2.18 bits per heavy atom. The number of hydrogen-bond acceptors (Lipinski definition) is 3.